The Morgan fingerprint density at radius 3 is 1.25 bits per heavy atom. The number of aliphatic carboxylic acids is 2. The number of carbonyl (C=O) groups excluding carboxylic acids is 8. The molecule has 2 aliphatic rings. The van der Waals surface area contributed by atoms with Crippen LogP contribution in [0.2, 0.25) is 0 Å². The zero-order chi connectivity index (χ0) is 51.9. The first-order valence-electron chi connectivity index (χ1n) is 23.5. The molecule has 0 radical (unpaired) electrons. The first-order chi connectivity index (χ1) is 32.3. The van der Waals surface area contributed by atoms with Crippen molar-refractivity contribution in [2.24, 2.45) is 11.5 Å². The average Bonchev–Trinajstić information content (AvgIpc) is 3.27. The fraction of sp³-hybridized carbons (Fsp3) is 0.783. The third-order valence-corrected chi connectivity index (χ3v) is 16.8. The van der Waals surface area contributed by atoms with Crippen molar-refractivity contribution < 1.29 is 58.2 Å². The first-order valence-corrected chi connectivity index (χ1v) is 28.1. The number of nitrogens with one attached hydrogen (secondary N) is 3. The average molecular weight is 1050 g/mol. The Kier molecular flexibility index (Phi) is 42.6. The monoisotopic (exact) mass is 1050 g/mol. The second kappa shape index (κ2) is 43.1. The van der Waals surface area contributed by atoms with Crippen LogP contribution in [-0.4, -0.2) is 138 Å². The van der Waals surface area contributed by atoms with Gasteiger partial charge in [0.05, 0.1) is 6.04 Å². The lowest BCUT2D eigenvalue weighted by atomic mass is 9.99. The number of nitrogens with two attached hydrogens (primary N) is 2. The fourth-order valence-corrected chi connectivity index (χ4v) is 12.0. The summed E-state index contributed by atoms with van der Waals surface area (Å²) in [4.78, 5) is 114. The molecule has 0 heterocycles. The molecule has 0 spiro atoms. The minimum atomic E-state index is -1.33. The summed E-state index contributed by atoms with van der Waals surface area (Å²) >= 11 is 11.4. The van der Waals surface area contributed by atoms with Crippen molar-refractivity contribution in [3.05, 3.63) is 0 Å². The molecule has 2 saturated carbocycles. The van der Waals surface area contributed by atoms with Crippen LogP contribution < -0.4 is 22.1 Å². The van der Waals surface area contributed by atoms with Crippen LogP contribution in [0.1, 0.15) is 156 Å². The van der Waals surface area contributed by atoms with E-state index in [0.29, 0.717) is 18.1 Å². The van der Waals surface area contributed by atoms with E-state index in [0.717, 1.165) is 52.5 Å². The second-order valence-corrected chi connectivity index (χ2v) is 21.9. The highest BCUT2D eigenvalue weighted by molar-refractivity contribution is 8.04. The van der Waals surface area contributed by atoms with Crippen LogP contribution in [0.4, 0.5) is 0 Å². The highest BCUT2D eigenvalue weighted by atomic mass is 32.2. The Labute approximate surface area is 426 Å². The van der Waals surface area contributed by atoms with Crippen LogP contribution in [0.3, 0.4) is 0 Å². The standard InChI is InChI=1S/C25H41NO5S2.C13H19NO7.C8H18N2S2.HNS/c1-4-5-16-32-23-13-14-24(23)33-17-6-7-22(30)21(12-9-19(3)28)26-25(31)15-11-20(29)10-8-18(2)27;1-8(15)2-3-9(16)4-6-11(17)14-10(13(20)21)5-7-12(18)19;9-3-5-11-7-1-2-8(7)12-6-4-10;1-2/h21,23-24H,4-17H2,1-3H3,(H,26,31);10H,2-7H2,1H3,(H,14,17)(H,18,19)(H,20,21);7-8H,1-6,9-10H2;1H/t21-,23?,24?;10-;;/m11../s1. The van der Waals surface area contributed by atoms with Gasteiger partial charge in [0.15, 0.2) is 5.78 Å². The topological polar surface area (TPSA) is 311 Å². The van der Waals surface area contributed by atoms with Gasteiger partial charge in [0, 0.05) is 129 Å². The Hall–Kier alpha value is -2.76. The van der Waals surface area contributed by atoms with Gasteiger partial charge in [-0.2, -0.15) is 47.0 Å². The van der Waals surface area contributed by atoms with Crippen molar-refractivity contribution in [3.8, 4) is 0 Å². The molecule has 0 aliphatic heterocycles. The molecule has 4 unspecified atom stereocenters. The van der Waals surface area contributed by atoms with E-state index < -0.39 is 29.9 Å². The summed E-state index contributed by atoms with van der Waals surface area (Å²) in [6.45, 7) is 8.11. The van der Waals surface area contributed by atoms with Crippen LogP contribution in [0.25, 0.3) is 0 Å². The van der Waals surface area contributed by atoms with Crippen molar-refractivity contribution in [3.63, 3.8) is 0 Å². The van der Waals surface area contributed by atoms with Crippen LogP contribution in [0, 0.1) is 4.78 Å². The van der Waals surface area contributed by atoms with Crippen LogP contribution in [0.15, 0.2) is 0 Å². The van der Waals surface area contributed by atoms with E-state index >= 15 is 0 Å². The second-order valence-electron chi connectivity index (χ2n) is 16.5. The molecule has 6 atom stereocenters. The summed E-state index contributed by atoms with van der Waals surface area (Å²) in [5.41, 5.74) is 10.9. The zero-order valence-corrected chi connectivity index (χ0v) is 44.6. The molecule has 0 aromatic carbocycles. The van der Waals surface area contributed by atoms with Gasteiger partial charge in [0.25, 0.3) is 0 Å². The number of ketones is 6. The van der Waals surface area contributed by atoms with Crippen molar-refractivity contribution in [1.29, 1.82) is 4.78 Å². The maximum absolute atomic E-state index is 12.7. The van der Waals surface area contributed by atoms with Gasteiger partial charge >= 0.3 is 11.9 Å². The normalized spacial score (nSPS) is 17.5. The number of rotatable bonds is 37. The van der Waals surface area contributed by atoms with Gasteiger partial charge < -0.3 is 46.7 Å². The molecule has 0 aromatic rings. The number of amides is 2. The minimum Gasteiger partial charge on any atom is -0.481 e. The van der Waals surface area contributed by atoms with E-state index in [-0.39, 0.29) is 111 Å². The molecule has 22 heteroatoms. The summed E-state index contributed by atoms with van der Waals surface area (Å²) < 4.78 is 5.33. The third kappa shape index (κ3) is 37.1. The number of Topliss-reactive ketones (excluding diaryl/α,β-unsaturated/α-hetero) is 6. The fourth-order valence-electron chi connectivity index (χ4n) is 6.22. The Morgan fingerprint density at radius 2 is 0.897 bits per heavy atom. The number of carboxylic acids is 2. The first kappa shape index (κ1) is 67.3. The number of carboxylic acid groups (broad SMARTS) is 2. The molecular weight excluding hydrogens is 975 g/mol. The van der Waals surface area contributed by atoms with E-state index in [9.17, 15) is 47.9 Å². The molecule has 17 nitrogen and oxygen atoms in total. The van der Waals surface area contributed by atoms with E-state index in [2.05, 4.69) is 41.7 Å². The van der Waals surface area contributed by atoms with Crippen molar-refractivity contribution in [2.75, 3.05) is 36.1 Å². The van der Waals surface area contributed by atoms with Gasteiger partial charge in [0.2, 0.25) is 11.8 Å². The number of hydrogen-bond acceptors (Lipinski definition) is 18. The SMILES string of the molecule is CC(=O)CCC(=O)CCC(=O)N[C@H](CCC(=O)O)C(=O)O.CCCCSC1CCC1SCCCC(=O)[C@@H](CCC(C)=O)NC(=O)CCC(=O)CCC(C)=O.N=S.NCCSC1CCC1SCCN. The molecule has 0 bridgehead atoms. The van der Waals surface area contributed by atoms with E-state index in [1.165, 1.54) is 65.0 Å². The summed E-state index contributed by atoms with van der Waals surface area (Å²) in [6.07, 6.45) is 9.20. The Bertz CT molecular complexity index is 1550. The predicted molar refractivity (Wildman–Crippen MR) is 277 cm³/mol. The minimum absolute atomic E-state index is 0.00475. The maximum Gasteiger partial charge on any atom is 0.326 e. The van der Waals surface area contributed by atoms with Gasteiger partial charge in [-0.1, -0.05) is 13.3 Å². The molecule has 2 aliphatic carbocycles. The summed E-state index contributed by atoms with van der Waals surface area (Å²) in [5.74, 6) is 0.296. The van der Waals surface area contributed by atoms with Gasteiger partial charge in [-0.25, -0.2) is 9.57 Å². The highest BCUT2D eigenvalue weighted by Crippen LogP contribution is 2.41. The molecule has 0 aromatic heterocycles. The molecule has 9 N–H and O–H groups in total. The Morgan fingerprint density at radius 1 is 0.529 bits per heavy atom. The molecule has 2 fully saturated rings. The number of hydrogen-bond donors (Lipinski definition) is 7. The van der Waals surface area contributed by atoms with E-state index in [1.807, 2.05) is 35.3 Å². The van der Waals surface area contributed by atoms with Crippen LogP contribution >= 0.6 is 47.0 Å². The maximum atomic E-state index is 12.7. The quantitative estimate of drug-likeness (QED) is 0.0349. The highest BCUT2D eigenvalue weighted by Gasteiger charge is 2.32. The Balaban J connectivity index is 0. The van der Waals surface area contributed by atoms with Crippen molar-refractivity contribution >= 4 is 118 Å². The lowest BCUT2D eigenvalue weighted by Crippen LogP contribution is -2.41. The summed E-state index contributed by atoms with van der Waals surface area (Å²) in [7, 11) is 0. The number of thioether (sulfide) groups is 4. The molecule has 0 saturated heterocycles. The van der Waals surface area contributed by atoms with Gasteiger partial charge in [0.1, 0.15) is 35.0 Å². The lowest BCUT2D eigenvalue weighted by molar-refractivity contribution is -0.143. The van der Waals surface area contributed by atoms with Crippen molar-refractivity contribution in [2.45, 2.75) is 189 Å². The van der Waals surface area contributed by atoms with Gasteiger partial charge in [-0.05, 0) is 83.6 Å². The smallest absolute Gasteiger partial charge is 0.326 e. The molecule has 68 heavy (non-hydrogen) atoms. The summed E-state index contributed by atoms with van der Waals surface area (Å²) in [5, 5.41) is 25.4. The third-order valence-electron chi connectivity index (χ3n) is 10.5. The number of unbranched alkanes of at least 4 members (excludes halogenated alkanes) is 1. The lowest BCUT2D eigenvalue weighted by Gasteiger charge is -2.35. The van der Waals surface area contributed by atoms with E-state index in [4.69, 9.17) is 26.5 Å². The van der Waals surface area contributed by atoms with Crippen LogP contribution in [0.5, 0.6) is 0 Å². The van der Waals surface area contributed by atoms with Crippen molar-refractivity contribution in [1.82, 2.24) is 10.6 Å². The van der Waals surface area contributed by atoms with Gasteiger partial charge in [-0.15, -0.1) is 0 Å². The molecule has 2 amide bonds. The van der Waals surface area contributed by atoms with Crippen LogP contribution in [-0.2, 0) is 60.4 Å². The van der Waals surface area contributed by atoms with E-state index in [1.54, 1.807) is 0 Å². The number of carbonyl (C=O) groups is 10. The summed E-state index contributed by atoms with van der Waals surface area (Å²) in [6, 6.07) is -1.97. The molecule has 390 valence electrons. The molecular formula is C46H79N5O12S5. The largest absolute Gasteiger partial charge is 0.481 e. The predicted octanol–water partition coefficient (Wildman–Crippen LogP) is 6.04. The zero-order valence-electron chi connectivity index (χ0n) is 40.5. The molecule has 2 rings (SSSR count). The van der Waals surface area contributed by atoms with Gasteiger partial charge in [-0.3, -0.25) is 28.8 Å².